The molecule has 0 saturated heterocycles. The average Bonchev–Trinajstić information content (AvgIpc) is 3.17. The smallest absolute Gasteiger partial charge is 0.313 e. The molecular formula is C21H19FN4O3. The van der Waals surface area contributed by atoms with Gasteiger partial charge in [-0.25, -0.2) is 4.39 Å². The van der Waals surface area contributed by atoms with Gasteiger partial charge in [0, 0.05) is 23.5 Å². The summed E-state index contributed by atoms with van der Waals surface area (Å²) in [6.07, 6.45) is 3.94. The third kappa shape index (κ3) is 4.60. The molecular weight excluding hydrogens is 375 g/mol. The topological polar surface area (TPSA) is 96.1 Å². The predicted molar refractivity (Wildman–Crippen MR) is 104 cm³/mol. The number of nitrogens with zero attached hydrogens (tertiary/aromatic N) is 1. The quantitative estimate of drug-likeness (QED) is 0.593. The van der Waals surface area contributed by atoms with Crippen LogP contribution in [0.1, 0.15) is 17.7 Å². The number of halogens is 1. The minimum atomic E-state index is -0.734. The highest BCUT2D eigenvalue weighted by Crippen LogP contribution is 2.23. The number of hydrogen-bond donors (Lipinski definition) is 3. The van der Waals surface area contributed by atoms with Crippen LogP contribution in [-0.2, 0) is 22.4 Å². The van der Waals surface area contributed by atoms with Crippen molar-refractivity contribution < 1.29 is 18.7 Å². The van der Waals surface area contributed by atoms with Crippen molar-refractivity contribution in [3.8, 4) is 11.5 Å². The zero-order valence-electron chi connectivity index (χ0n) is 15.4. The zero-order valence-corrected chi connectivity index (χ0v) is 15.4. The van der Waals surface area contributed by atoms with Crippen LogP contribution >= 0.6 is 0 Å². The van der Waals surface area contributed by atoms with Gasteiger partial charge in [-0.2, -0.15) is 5.10 Å². The molecule has 4 rings (SSSR count). The van der Waals surface area contributed by atoms with Crippen LogP contribution in [0.15, 0.2) is 54.7 Å². The van der Waals surface area contributed by atoms with Gasteiger partial charge in [0.05, 0.1) is 6.20 Å². The van der Waals surface area contributed by atoms with E-state index in [4.69, 9.17) is 4.74 Å². The largest absolute Gasteiger partial charge is 0.457 e. The average molecular weight is 394 g/mol. The van der Waals surface area contributed by atoms with Crippen molar-refractivity contribution in [1.29, 1.82) is 0 Å². The van der Waals surface area contributed by atoms with Gasteiger partial charge >= 0.3 is 11.8 Å². The van der Waals surface area contributed by atoms with E-state index in [-0.39, 0.29) is 11.9 Å². The molecule has 148 valence electrons. The number of aryl methyl sites for hydroxylation is 1. The van der Waals surface area contributed by atoms with E-state index in [2.05, 4.69) is 20.8 Å². The van der Waals surface area contributed by atoms with Crippen molar-refractivity contribution in [3.63, 3.8) is 0 Å². The Balaban J connectivity index is 1.30. The molecule has 0 saturated carbocycles. The van der Waals surface area contributed by atoms with Gasteiger partial charge in [0.2, 0.25) is 0 Å². The minimum absolute atomic E-state index is 0.0969. The molecule has 0 bridgehead atoms. The maximum atomic E-state index is 13.2. The molecule has 3 N–H and O–H groups in total. The fourth-order valence-electron chi connectivity index (χ4n) is 3.25. The highest BCUT2D eigenvalue weighted by atomic mass is 19.1. The standard InChI is InChI=1S/C21H19FN4O3/c22-14-2-1-3-18(11-14)29-17-7-4-15(5-8-17)24-20(27)21(28)25-16-6-9-19-13(10-16)12-23-26-19/h1-5,7-8,11-12,16H,6,9-10H2,(H,23,26)(H,24,27)(H,25,28). The number of aromatic amines is 1. The number of ether oxygens (including phenoxy) is 1. The first-order valence-corrected chi connectivity index (χ1v) is 9.23. The first-order chi connectivity index (χ1) is 14.1. The third-order valence-corrected chi connectivity index (χ3v) is 4.70. The van der Waals surface area contributed by atoms with Gasteiger partial charge in [-0.1, -0.05) is 6.07 Å². The normalized spacial score (nSPS) is 15.3. The molecule has 29 heavy (non-hydrogen) atoms. The lowest BCUT2D eigenvalue weighted by Crippen LogP contribution is -2.44. The van der Waals surface area contributed by atoms with Crippen molar-refractivity contribution in [2.75, 3.05) is 5.32 Å². The Hall–Kier alpha value is -3.68. The number of H-pyrrole nitrogens is 1. The zero-order chi connectivity index (χ0) is 20.2. The number of benzene rings is 2. The van der Waals surface area contributed by atoms with E-state index in [9.17, 15) is 14.0 Å². The second kappa shape index (κ2) is 8.14. The number of carbonyl (C=O) groups excluding carboxylic acids is 2. The first kappa shape index (κ1) is 18.7. The highest BCUT2D eigenvalue weighted by Gasteiger charge is 2.24. The van der Waals surface area contributed by atoms with Crippen LogP contribution in [-0.4, -0.2) is 28.1 Å². The van der Waals surface area contributed by atoms with Crippen LogP contribution in [0.2, 0.25) is 0 Å². The lowest BCUT2D eigenvalue weighted by Gasteiger charge is -2.22. The summed E-state index contributed by atoms with van der Waals surface area (Å²) in [6, 6.07) is 12.2. The van der Waals surface area contributed by atoms with Crippen LogP contribution in [0.4, 0.5) is 10.1 Å². The van der Waals surface area contributed by atoms with E-state index >= 15 is 0 Å². The van der Waals surface area contributed by atoms with E-state index < -0.39 is 11.8 Å². The van der Waals surface area contributed by atoms with Crippen molar-refractivity contribution in [3.05, 3.63) is 71.8 Å². The maximum absolute atomic E-state index is 13.2. The van der Waals surface area contributed by atoms with Gasteiger partial charge in [0.15, 0.2) is 0 Å². The van der Waals surface area contributed by atoms with Crippen LogP contribution in [0, 0.1) is 5.82 Å². The Morgan fingerprint density at radius 3 is 2.72 bits per heavy atom. The molecule has 0 fully saturated rings. The van der Waals surface area contributed by atoms with Gasteiger partial charge in [-0.15, -0.1) is 0 Å². The number of amides is 2. The monoisotopic (exact) mass is 394 g/mol. The second-order valence-corrected chi connectivity index (χ2v) is 6.82. The summed E-state index contributed by atoms with van der Waals surface area (Å²) in [4.78, 5) is 24.4. The Bertz CT molecular complexity index is 1030. The summed E-state index contributed by atoms with van der Waals surface area (Å²) < 4.78 is 18.8. The third-order valence-electron chi connectivity index (χ3n) is 4.70. The van der Waals surface area contributed by atoms with Crippen molar-refractivity contribution >= 4 is 17.5 Å². The number of aromatic nitrogens is 2. The number of anilines is 1. The SMILES string of the molecule is O=C(Nc1ccc(Oc2cccc(F)c2)cc1)C(=O)NC1CCc2[nH]ncc2C1. The molecule has 2 aromatic carbocycles. The molecule has 1 heterocycles. The molecule has 0 spiro atoms. The molecule has 0 aliphatic heterocycles. The molecule has 1 aliphatic rings. The Morgan fingerprint density at radius 2 is 1.93 bits per heavy atom. The van der Waals surface area contributed by atoms with E-state index in [1.807, 2.05) is 0 Å². The summed E-state index contributed by atoms with van der Waals surface area (Å²) in [5, 5.41) is 12.3. The molecule has 1 unspecified atom stereocenters. The van der Waals surface area contributed by atoms with Crippen molar-refractivity contribution in [2.45, 2.75) is 25.3 Å². The van der Waals surface area contributed by atoms with E-state index in [1.54, 1.807) is 42.6 Å². The van der Waals surface area contributed by atoms with Crippen LogP contribution in [0.25, 0.3) is 0 Å². The first-order valence-electron chi connectivity index (χ1n) is 9.23. The van der Waals surface area contributed by atoms with Gasteiger partial charge in [0.25, 0.3) is 0 Å². The summed E-state index contributed by atoms with van der Waals surface area (Å²) in [5.74, 6) is -0.950. The fourth-order valence-corrected chi connectivity index (χ4v) is 3.25. The highest BCUT2D eigenvalue weighted by molar-refractivity contribution is 6.39. The molecule has 1 atom stereocenters. The molecule has 3 aromatic rings. The number of rotatable bonds is 4. The number of hydrogen-bond acceptors (Lipinski definition) is 4. The van der Waals surface area contributed by atoms with Crippen molar-refractivity contribution in [1.82, 2.24) is 15.5 Å². The summed E-state index contributed by atoms with van der Waals surface area (Å²) in [7, 11) is 0. The minimum Gasteiger partial charge on any atom is -0.457 e. The number of fused-ring (bicyclic) bond motifs is 1. The van der Waals surface area contributed by atoms with E-state index in [0.717, 1.165) is 24.1 Å². The summed E-state index contributed by atoms with van der Waals surface area (Å²) in [6.45, 7) is 0. The maximum Gasteiger partial charge on any atom is 0.313 e. The lowest BCUT2D eigenvalue weighted by molar-refractivity contribution is -0.136. The molecule has 0 radical (unpaired) electrons. The Morgan fingerprint density at radius 1 is 1.10 bits per heavy atom. The van der Waals surface area contributed by atoms with E-state index in [0.29, 0.717) is 23.6 Å². The molecule has 8 heteroatoms. The van der Waals surface area contributed by atoms with Crippen LogP contribution < -0.4 is 15.4 Å². The predicted octanol–water partition coefficient (Wildman–Crippen LogP) is 2.95. The van der Waals surface area contributed by atoms with Crippen LogP contribution in [0.3, 0.4) is 0 Å². The van der Waals surface area contributed by atoms with E-state index in [1.165, 1.54) is 12.1 Å². The lowest BCUT2D eigenvalue weighted by atomic mass is 9.93. The number of nitrogens with one attached hydrogen (secondary N) is 3. The number of carbonyl (C=O) groups is 2. The van der Waals surface area contributed by atoms with Crippen molar-refractivity contribution in [2.24, 2.45) is 0 Å². The molecule has 7 nitrogen and oxygen atoms in total. The molecule has 1 aliphatic carbocycles. The second-order valence-electron chi connectivity index (χ2n) is 6.82. The van der Waals surface area contributed by atoms with Gasteiger partial charge in [-0.05, 0) is 61.2 Å². The molecule has 1 aromatic heterocycles. The molecule has 2 amide bonds. The van der Waals surface area contributed by atoms with Gasteiger partial charge in [-0.3, -0.25) is 14.7 Å². The fraction of sp³-hybridized carbons (Fsp3) is 0.190. The Kier molecular flexibility index (Phi) is 5.24. The summed E-state index contributed by atoms with van der Waals surface area (Å²) >= 11 is 0. The van der Waals surface area contributed by atoms with Gasteiger partial charge < -0.3 is 15.4 Å². The summed E-state index contributed by atoms with van der Waals surface area (Å²) in [5.41, 5.74) is 2.61. The van der Waals surface area contributed by atoms with Crippen LogP contribution in [0.5, 0.6) is 11.5 Å². The Labute approximate surface area is 166 Å². The van der Waals surface area contributed by atoms with Gasteiger partial charge in [0.1, 0.15) is 17.3 Å².